The molecule has 2 nitrogen and oxygen atoms in total. The van der Waals surface area contributed by atoms with Crippen molar-refractivity contribution in [3.8, 4) is 22.3 Å². The quantitative estimate of drug-likeness (QED) is 0.153. The summed E-state index contributed by atoms with van der Waals surface area (Å²) in [5.41, 5.74) is 27.0. The molecule has 6 aliphatic rings. The molecule has 0 N–H and O–H groups in total. The van der Waals surface area contributed by atoms with Crippen LogP contribution in [0.5, 0.6) is 0 Å². The van der Waals surface area contributed by atoms with Crippen molar-refractivity contribution < 1.29 is 0 Å². The number of hydrogen-bond donors (Lipinski definition) is 0. The highest BCUT2D eigenvalue weighted by Gasteiger charge is 2.54. The monoisotopic (exact) mass is 796 g/mol. The van der Waals surface area contributed by atoms with E-state index in [0.29, 0.717) is 0 Å². The van der Waals surface area contributed by atoms with Gasteiger partial charge in [0.25, 0.3) is 0 Å². The van der Waals surface area contributed by atoms with Crippen LogP contribution in [-0.4, -0.2) is 6.85 Å². The van der Waals surface area contributed by atoms with Crippen molar-refractivity contribution in [1.29, 1.82) is 0 Å². The van der Waals surface area contributed by atoms with Crippen LogP contribution in [0.4, 0.5) is 28.4 Å². The first kappa shape index (κ1) is 37.7. The molecule has 3 aliphatic heterocycles. The van der Waals surface area contributed by atoms with Gasteiger partial charge in [-0.3, -0.25) is 0 Å². The lowest BCUT2D eigenvalue weighted by molar-refractivity contribution is 0.331. The lowest BCUT2D eigenvalue weighted by Gasteiger charge is -2.53. The lowest BCUT2D eigenvalue weighted by Crippen LogP contribution is -2.63. The molecule has 0 fully saturated rings. The van der Waals surface area contributed by atoms with E-state index in [-0.39, 0.29) is 39.3 Å². The number of para-hydroxylation sites is 2. The molecule has 0 spiro atoms. The van der Waals surface area contributed by atoms with Gasteiger partial charge in [0.15, 0.2) is 0 Å². The fourth-order valence-electron chi connectivity index (χ4n) is 13.4. The lowest BCUT2D eigenvalue weighted by atomic mass is 9.42. The molecule has 0 amide bonds. The standard InChI is InChI=1S/C58H61BN2/c1-53(2)25-27-55(5,6)43-32-47-36(30-41(43)53)38-29-37-35-21-16-17-22-39(35)58(11,12)49(37)52-50(38)59(61(47)34-19-14-13-15-20-34)46-24-18-23-40-51(46)60(52)48-33-44-42(31-45(48)57(40,9)10)54(3,4)26-28-56(44,7)8/h13-24,29-33H,25-28H2,1-12H3. The van der Waals surface area contributed by atoms with Gasteiger partial charge in [-0.1, -0.05) is 150 Å². The summed E-state index contributed by atoms with van der Waals surface area (Å²) in [5.74, 6) is 0. The van der Waals surface area contributed by atoms with Crippen molar-refractivity contribution in [2.75, 3.05) is 9.71 Å². The average Bonchev–Trinajstić information content (AvgIpc) is 3.46. The average molecular weight is 797 g/mol. The summed E-state index contributed by atoms with van der Waals surface area (Å²) in [6, 6.07) is 41.3. The molecule has 0 unspecified atom stereocenters. The molecule has 3 aliphatic carbocycles. The molecule has 0 saturated carbocycles. The minimum absolute atomic E-state index is 0.0148. The van der Waals surface area contributed by atoms with Crippen molar-refractivity contribution in [2.24, 2.45) is 0 Å². The molecule has 0 saturated heterocycles. The molecule has 6 aromatic carbocycles. The second-order valence-electron chi connectivity index (χ2n) is 23.5. The van der Waals surface area contributed by atoms with Gasteiger partial charge in [0.05, 0.1) is 5.69 Å². The molecule has 306 valence electrons. The first-order valence-electron chi connectivity index (χ1n) is 23.2. The highest BCUT2D eigenvalue weighted by Crippen LogP contribution is 2.63. The van der Waals surface area contributed by atoms with Crippen LogP contribution in [0.2, 0.25) is 0 Å². The third-order valence-electron chi connectivity index (χ3n) is 17.3. The Kier molecular flexibility index (Phi) is 7.12. The SMILES string of the molecule is CC1(C)CCC(C)(C)c2cc3c(cc21)-c1cc2c(c4c1B(c1cccc5c1N4c1cc4c(cc1C5(C)C)C(C)(C)CCC4(C)C)N3c1ccccc1)C(C)(C)c1ccccc1-2. The van der Waals surface area contributed by atoms with Crippen LogP contribution < -0.4 is 20.6 Å². The maximum atomic E-state index is 2.82. The Labute approximate surface area is 365 Å². The number of anilines is 5. The molecule has 12 rings (SSSR count). The van der Waals surface area contributed by atoms with Crippen LogP contribution in [0.15, 0.2) is 103 Å². The van der Waals surface area contributed by atoms with Crippen LogP contribution in [0.1, 0.15) is 153 Å². The van der Waals surface area contributed by atoms with Crippen molar-refractivity contribution >= 4 is 46.2 Å². The van der Waals surface area contributed by atoms with Gasteiger partial charge < -0.3 is 9.71 Å². The predicted molar refractivity (Wildman–Crippen MR) is 260 cm³/mol. The molecule has 0 bridgehead atoms. The highest BCUT2D eigenvalue weighted by molar-refractivity contribution is 6.93. The predicted octanol–water partition coefficient (Wildman–Crippen LogP) is 14.0. The summed E-state index contributed by atoms with van der Waals surface area (Å²) in [6.45, 7) is 29.9. The number of hydrogen-bond acceptors (Lipinski definition) is 2. The number of nitrogens with zero attached hydrogens (tertiary/aromatic N) is 2. The topological polar surface area (TPSA) is 6.48 Å². The molecular weight excluding hydrogens is 735 g/mol. The Balaban J connectivity index is 1.29. The minimum Gasteiger partial charge on any atom is -0.376 e. The molecule has 6 aromatic rings. The van der Waals surface area contributed by atoms with Gasteiger partial charge in [-0.25, -0.2) is 0 Å². The Morgan fingerprint density at radius 2 is 0.967 bits per heavy atom. The molecule has 3 heteroatoms. The molecule has 3 heterocycles. The minimum atomic E-state index is -0.213. The smallest absolute Gasteiger partial charge is 0.333 e. The van der Waals surface area contributed by atoms with E-state index in [9.17, 15) is 0 Å². The first-order chi connectivity index (χ1) is 28.8. The van der Waals surface area contributed by atoms with E-state index in [1.165, 1.54) is 132 Å². The Morgan fingerprint density at radius 1 is 0.410 bits per heavy atom. The van der Waals surface area contributed by atoms with Crippen molar-refractivity contribution in [3.63, 3.8) is 0 Å². The van der Waals surface area contributed by atoms with E-state index in [1.807, 2.05) is 0 Å². The molecule has 0 radical (unpaired) electrons. The summed E-state index contributed by atoms with van der Waals surface area (Å²) < 4.78 is 0. The highest BCUT2D eigenvalue weighted by atomic mass is 15.2. The third kappa shape index (κ3) is 4.66. The van der Waals surface area contributed by atoms with Crippen molar-refractivity contribution in [2.45, 2.75) is 141 Å². The Hall–Kier alpha value is -5.02. The van der Waals surface area contributed by atoms with Gasteiger partial charge in [0.1, 0.15) is 0 Å². The number of rotatable bonds is 1. The second-order valence-corrected chi connectivity index (χ2v) is 23.5. The van der Waals surface area contributed by atoms with Gasteiger partial charge >= 0.3 is 6.85 Å². The summed E-state index contributed by atoms with van der Waals surface area (Å²) in [4.78, 5) is 5.58. The summed E-state index contributed by atoms with van der Waals surface area (Å²) in [6.07, 6.45) is 4.78. The fourth-order valence-corrected chi connectivity index (χ4v) is 13.4. The van der Waals surface area contributed by atoms with Crippen LogP contribution in [0.25, 0.3) is 22.3 Å². The second kappa shape index (κ2) is 11.5. The van der Waals surface area contributed by atoms with Crippen LogP contribution in [-0.2, 0) is 32.5 Å². The molecule has 61 heavy (non-hydrogen) atoms. The largest absolute Gasteiger partial charge is 0.376 e. The summed E-state index contributed by atoms with van der Waals surface area (Å²) in [7, 11) is 0. The van der Waals surface area contributed by atoms with E-state index >= 15 is 0 Å². The third-order valence-corrected chi connectivity index (χ3v) is 17.3. The van der Waals surface area contributed by atoms with E-state index in [1.54, 1.807) is 0 Å². The van der Waals surface area contributed by atoms with Gasteiger partial charge in [0.2, 0.25) is 0 Å². The van der Waals surface area contributed by atoms with E-state index < -0.39 is 0 Å². The molecule has 0 atom stereocenters. The van der Waals surface area contributed by atoms with Gasteiger partial charge in [-0.2, -0.15) is 0 Å². The zero-order valence-corrected chi connectivity index (χ0v) is 38.6. The Bertz CT molecular complexity index is 2940. The van der Waals surface area contributed by atoms with Crippen molar-refractivity contribution in [3.05, 3.63) is 148 Å². The van der Waals surface area contributed by atoms with E-state index in [4.69, 9.17) is 0 Å². The summed E-state index contributed by atoms with van der Waals surface area (Å²) >= 11 is 0. The Morgan fingerprint density at radius 3 is 1.62 bits per heavy atom. The summed E-state index contributed by atoms with van der Waals surface area (Å²) in [5, 5.41) is 0. The zero-order valence-electron chi connectivity index (χ0n) is 38.6. The van der Waals surface area contributed by atoms with Gasteiger partial charge in [-0.05, 0) is 156 Å². The number of fused-ring (bicyclic) bond motifs is 12. The fraction of sp³-hybridized carbons (Fsp3) is 0.379. The maximum Gasteiger partial charge on any atom is 0.333 e. The zero-order chi connectivity index (χ0) is 42.6. The first-order valence-corrected chi connectivity index (χ1v) is 23.2. The van der Waals surface area contributed by atoms with Crippen molar-refractivity contribution in [1.82, 2.24) is 0 Å². The van der Waals surface area contributed by atoms with E-state index in [0.717, 1.165) is 0 Å². The normalized spacial score (nSPS) is 21.2. The maximum absolute atomic E-state index is 2.82. The van der Waals surface area contributed by atoms with Crippen LogP contribution >= 0.6 is 0 Å². The van der Waals surface area contributed by atoms with Crippen LogP contribution in [0.3, 0.4) is 0 Å². The molecular formula is C58H61BN2. The van der Waals surface area contributed by atoms with Crippen LogP contribution in [0, 0.1) is 0 Å². The number of benzene rings is 6. The van der Waals surface area contributed by atoms with Gasteiger partial charge in [0, 0.05) is 39.1 Å². The molecule has 0 aromatic heterocycles. The van der Waals surface area contributed by atoms with Gasteiger partial charge in [-0.15, -0.1) is 0 Å². The van der Waals surface area contributed by atoms with E-state index in [2.05, 4.69) is 196 Å².